The first-order valence-corrected chi connectivity index (χ1v) is 33.5. The molecule has 492 valence electrons. The Morgan fingerprint density at radius 3 is 1.44 bits per heavy atom. The van der Waals surface area contributed by atoms with E-state index in [1.807, 2.05) is 0 Å². The van der Waals surface area contributed by atoms with Crippen molar-refractivity contribution in [2.45, 2.75) is 21.6 Å². The molecule has 0 bridgehead atoms. The molecule has 0 aliphatic carbocycles. The van der Waals surface area contributed by atoms with Crippen LogP contribution in [0.1, 0.15) is 16.7 Å². The van der Waals surface area contributed by atoms with E-state index in [1.165, 1.54) is 55.5 Å². The number of nitrogens with one attached hydrogen (secondary N) is 5. The summed E-state index contributed by atoms with van der Waals surface area (Å²) in [5.74, 6) is 0.395. The Morgan fingerprint density at radius 2 is 0.980 bits per heavy atom. The molecule has 0 fully saturated rings. The Balaban J connectivity index is -0.00000387. The number of azo groups is 2. The number of hydrogen-bond donors (Lipinski definition) is 5. The first-order valence-electron chi connectivity index (χ1n) is 24.5. The van der Waals surface area contributed by atoms with Crippen LogP contribution < -0.4 is 159 Å². The second-order valence-corrected chi connectivity index (χ2v) is 23.8. The second-order valence-electron chi connectivity index (χ2n) is 17.1. The van der Waals surface area contributed by atoms with Gasteiger partial charge in [0.15, 0.2) is 16.6 Å². The number of nitriles is 2. The van der Waals surface area contributed by atoms with Crippen molar-refractivity contribution < 1.29 is 221 Å². The van der Waals surface area contributed by atoms with Gasteiger partial charge in [-0.2, -0.15) is 49.4 Å². The number of aromatic nitrogens is 4. The summed E-state index contributed by atoms with van der Waals surface area (Å²) in [4.78, 5) is 16.4. The molecule has 0 spiro atoms. The van der Waals surface area contributed by atoms with Crippen LogP contribution in [0, 0.1) is 54.7 Å². The third-order valence-corrected chi connectivity index (χ3v) is 14.6. The first-order chi connectivity index (χ1) is 44.7. The average Bonchev–Trinajstić information content (AvgIpc) is 1.38. The minimum absolute atomic E-state index is 0. The number of fused-ring (bicyclic) bond motifs is 1. The summed E-state index contributed by atoms with van der Waals surface area (Å²) in [5.41, 5.74) is 2.27. The molecule has 0 radical (unpaired) electrons. The molecule has 3 aromatic heterocycles. The largest absolute Gasteiger partial charge is 1.00 e. The maximum Gasteiger partial charge on any atom is 1.00 e. The van der Waals surface area contributed by atoms with Gasteiger partial charge >= 0.3 is 174 Å². The van der Waals surface area contributed by atoms with Crippen molar-refractivity contribution in [3.8, 4) is 23.3 Å². The van der Waals surface area contributed by atoms with Crippen molar-refractivity contribution in [1.82, 2.24) is 19.9 Å². The molecule has 0 unspecified atom stereocenters. The van der Waals surface area contributed by atoms with Gasteiger partial charge in [-0.3, -0.25) is 32.7 Å². The maximum atomic E-state index is 12.2. The number of nitrogens with zero attached hydrogens (tertiary/aromatic N) is 10. The Bertz CT molecular complexity index is 5260. The Hall–Kier alpha value is -6.99. The third-order valence-electron chi connectivity index (χ3n) is 11.1. The fraction of sp³-hybridized carbons (Fsp3) is 0.0392. The van der Waals surface area contributed by atoms with Gasteiger partial charge in [-0.1, -0.05) is 23.5 Å². The van der Waals surface area contributed by atoms with Crippen LogP contribution in [0.3, 0.4) is 0 Å². The smallest absolute Gasteiger partial charge is 0.754 e. The molecule has 0 saturated heterocycles. The van der Waals surface area contributed by atoms with Crippen LogP contribution in [0.5, 0.6) is 0 Å². The van der Waals surface area contributed by atoms with E-state index in [4.69, 9.17) is 50.5 Å². The van der Waals surface area contributed by atoms with Crippen LogP contribution in [-0.4, -0.2) is 116 Å². The van der Waals surface area contributed by atoms with E-state index in [9.17, 15) is 49.4 Å². The molecule has 9 aromatic rings. The molecule has 0 aliphatic rings. The zero-order valence-electron chi connectivity index (χ0n) is 53.8. The van der Waals surface area contributed by atoms with Gasteiger partial charge in [-0.15, -0.1) is 94.3 Å². The van der Waals surface area contributed by atoms with Crippen LogP contribution in [0.2, 0.25) is 0 Å². The summed E-state index contributed by atoms with van der Waals surface area (Å²) in [6.07, 6.45) is 0. The first kappa shape index (κ1) is 99.2. The van der Waals surface area contributed by atoms with Crippen LogP contribution in [0.25, 0.3) is 21.9 Å². The quantitative estimate of drug-likeness (QED) is 0.0230. The van der Waals surface area contributed by atoms with Crippen LogP contribution >= 0.6 is 11.3 Å². The van der Waals surface area contributed by atoms with E-state index in [2.05, 4.69) is 104 Å². The summed E-state index contributed by atoms with van der Waals surface area (Å²) in [6, 6.07) is 40.9. The van der Waals surface area contributed by atoms with Gasteiger partial charge in [0.05, 0.1) is 31.2 Å². The molecule has 51 heteroatoms. The Labute approximate surface area is 674 Å². The molecule has 0 saturated carbocycles. The Kier molecular flexibility index (Phi) is 45.4. The Morgan fingerprint density at radius 1 is 0.520 bits per heavy atom. The number of hydrogen-bond acceptors (Lipinski definition) is 37. The molecule has 102 heavy (non-hydrogen) atoms. The summed E-state index contributed by atoms with van der Waals surface area (Å²) in [5, 5.41) is 54.9. The minimum Gasteiger partial charge on any atom is -0.754 e. The van der Waals surface area contributed by atoms with Gasteiger partial charge in [-0.25, -0.2) is 21.8 Å². The van der Waals surface area contributed by atoms with E-state index in [0.717, 1.165) is 41.7 Å². The molecule has 6 aromatic carbocycles. The molecule has 0 amide bonds. The molecule has 0 atom stereocenters. The van der Waals surface area contributed by atoms with Crippen molar-refractivity contribution in [3.63, 3.8) is 0 Å². The van der Waals surface area contributed by atoms with E-state index in [0.29, 0.717) is 22.3 Å². The summed E-state index contributed by atoms with van der Waals surface area (Å²) < 4.78 is 208. The average molecular weight is 1500 g/mol. The monoisotopic (exact) mass is 1500 g/mol. The van der Waals surface area contributed by atoms with E-state index < -0.39 is 87.5 Å². The topological polar surface area (TPSA) is 585 Å². The molecule has 0 aliphatic heterocycles. The van der Waals surface area contributed by atoms with Gasteiger partial charge in [0.2, 0.25) is 17.8 Å². The number of pyridine rings is 1. The number of rotatable bonds is 18. The predicted molar refractivity (Wildman–Crippen MR) is 326 cm³/mol. The van der Waals surface area contributed by atoms with Crippen molar-refractivity contribution in [2.24, 2.45) is 20.5 Å². The molecule has 5 N–H and O–H groups in total. The predicted octanol–water partition coefficient (Wildman–Crippen LogP) is -14.6. The fourth-order valence-corrected chi connectivity index (χ4v) is 9.96. The standard InChI is InChI=1S/C51H35N15O9S4.7Li.4O3S/c1-3-54-49-60-50(57-32-9-5-4-6-10-32)62-51(61-49)58-35-15-13-31(14-16-35)43-41(28-53)47(76-48(43)66-63-36-17-12-30-8-7-11-42(39(30)26-36)79(73,74)75)65-64-44-29(2)40(27-52)45(55-33-18-22-37(23-19-33)77(67,68)69)59-46(44)56-34-20-24-38(25-21-34)78(70,71)72;;;;;;;;4*1-4(2)3/h4-5,8,10-26H,1,3H2,2H3,(H2,55,56,59)(H,67,68,69)(H,70,71,72)(H,73,74,75)(H3,54,57,58,60,61,62);;;;;;;;;;;/q-4;7*+1;;;;/p-3. The number of benzene rings is 6. The van der Waals surface area contributed by atoms with E-state index >= 15 is 0 Å². The number of thiophene rings is 1. The zero-order chi connectivity index (χ0) is 70.4. The van der Waals surface area contributed by atoms with Gasteiger partial charge in [0, 0.05) is 28.2 Å². The summed E-state index contributed by atoms with van der Waals surface area (Å²) in [7, 11) is -27.0. The summed E-state index contributed by atoms with van der Waals surface area (Å²) in [6.45, 7) is 5.59. The molecular weight excluding hydrogens is 1460 g/mol. The normalized spacial score (nSPS) is 10.1. The van der Waals surface area contributed by atoms with E-state index in [1.54, 1.807) is 42.5 Å². The second kappa shape index (κ2) is 46.7. The SMILES string of the molecule is O=S(=O)=O.O=S(=O)=O.O=S(=O)=O.O=S(=O)=O.[CH2-]CNc1nc(Nc2[c-]cc[c-]c2)nc(Nc2ccc(-c3c(N=Nc4ccc5c[c-]cc(S(=O)(=O)[O-])c5c4)sc(N=Nc4c(Nc5ccc(S(=O)(=O)[O-])cc5)nc(Nc5ccc(S(=O)(=O)[O-])cc5)c(C#N)c4C)c3C#N)cc2)n1.[Li+].[Li+].[Li+].[Li+].[Li+].[Li+].[Li+]. The molecule has 3 heterocycles. The minimum atomic E-state index is -4.92. The van der Waals surface area contributed by atoms with Crippen molar-refractivity contribution in [3.05, 3.63) is 163 Å². The fourth-order valence-electron chi connectivity index (χ4n) is 7.44. The molecule has 36 nitrogen and oxygen atoms in total. The van der Waals surface area contributed by atoms with Crippen LogP contribution in [0.4, 0.5) is 73.6 Å². The zero-order valence-corrected chi connectivity index (χ0v) is 60.3. The maximum absolute atomic E-state index is 12.2. The van der Waals surface area contributed by atoms with Gasteiger partial charge in [0.25, 0.3) is 0 Å². The van der Waals surface area contributed by atoms with Gasteiger partial charge in [0.1, 0.15) is 48.6 Å². The van der Waals surface area contributed by atoms with Crippen LogP contribution in [0.15, 0.2) is 156 Å². The molecular formula is C51H32Li7N15O21S8. The van der Waals surface area contributed by atoms with Crippen molar-refractivity contribution in [1.29, 1.82) is 10.5 Å². The van der Waals surface area contributed by atoms with Crippen molar-refractivity contribution >= 4 is 169 Å². The van der Waals surface area contributed by atoms with Gasteiger partial charge < -0.3 is 53.2 Å². The van der Waals surface area contributed by atoms with Crippen LogP contribution in [-0.2, 0) is 72.8 Å². The number of anilines is 9. The van der Waals surface area contributed by atoms with E-state index in [-0.39, 0.29) is 228 Å². The van der Waals surface area contributed by atoms with Gasteiger partial charge in [-0.05, 0) is 90.2 Å². The van der Waals surface area contributed by atoms with Crippen molar-refractivity contribution in [2.75, 3.05) is 33.1 Å². The summed E-state index contributed by atoms with van der Waals surface area (Å²) >= 11 is 0.877. The molecule has 9 rings (SSSR count). The third kappa shape index (κ3) is 31.9.